The quantitative estimate of drug-likeness (QED) is 0.745. The highest BCUT2D eigenvalue weighted by Crippen LogP contribution is 2.34. The molecule has 0 aromatic heterocycles. The minimum absolute atomic E-state index is 0.00977. The van der Waals surface area contributed by atoms with Crippen LogP contribution >= 0.6 is 0 Å². The van der Waals surface area contributed by atoms with Gasteiger partial charge in [0.2, 0.25) is 0 Å². The Balaban J connectivity index is 2.32. The summed E-state index contributed by atoms with van der Waals surface area (Å²) in [6.45, 7) is 12.3. The number of hydrogen-bond acceptors (Lipinski definition) is 3. The predicted molar refractivity (Wildman–Crippen MR) is 103 cm³/mol. The first-order valence-electron chi connectivity index (χ1n) is 9.38. The molecule has 0 bridgehead atoms. The van der Waals surface area contributed by atoms with Crippen molar-refractivity contribution in [2.24, 2.45) is 0 Å². The Labute approximate surface area is 157 Å². The third kappa shape index (κ3) is 4.61. The number of amides is 2. The molecule has 3 atom stereocenters. The third-order valence-electron chi connectivity index (χ3n) is 4.94. The standard InChI is InChI=1S/C20H33N3O3/c1-8-23-10-9-14-11-16(25-6)17(26-7)12-15(14)18(23)13(2)21-19(24)22-20(3,4)5/h11-13,18H,8-10H2,1-7H3,(H2,21,22,24)/p+1/t13-,18+/m1/s1. The SMILES string of the molecule is CC[NH+]1CCc2cc(OC)c(OC)cc2[C@@H]1[C@@H](C)NC(=O)NC(C)(C)C. The molecule has 6 nitrogen and oxygen atoms in total. The summed E-state index contributed by atoms with van der Waals surface area (Å²) in [5.74, 6) is 1.50. The molecule has 0 aliphatic carbocycles. The summed E-state index contributed by atoms with van der Waals surface area (Å²) in [6, 6.07) is 4.19. The van der Waals surface area contributed by atoms with Crippen LogP contribution in [-0.4, -0.2) is 44.9 Å². The Morgan fingerprint density at radius 1 is 1.27 bits per heavy atom. The van der Waals surface area contributed by atoms with Gasteiger partial charge in [-0.1, -0.05) is 0 Å². The lowest BCUT2D eigenvalue weighted by atomic mass is 9.88. The maximum atomic E-state index is 12.4. The van der Waals surface area contributed by atoms with Crippen LogP contribution in [-0.2, 0) is 6.42 Å². The summed E-state index contributed by atoms with van der Waals surface area (Å²) >= 11 is 0. The number of benzene rings is 1. The largest absolute Gasteiger partial charge is 0.493 e. The van der Waals surface area contributed by atoms with Gasteiger partial charge in [-0.05, 0) is 52.3 Å². The number of methoxy groups -OCH3 is 2. The molecular weight excluding hydrogens is 330 g/mol. The fourth-order valence-corrected chi connectivity index (χ4v) is 3.80. The van der Waals surface area contributed by atoms with Crippen molar-refractivity contribution < 1.29 is 19.2 Å². The van der Waals surface area contributed by atoms with Crippen LogP contribution in [0.3, 0.4) is 0 Å². The van der Waals surface area contributed by atoms with Gasteiger partial charge in [-0.15, -0.1) is 0 Å². The van der Waals surface area contributed by atoms with Gasteiger partial charge in [-0.2, -0.15) is 0 Å². The highest BCUT2D eigenvalue weighted by atomic mass is 16.5. The average Bonchev–Trinajstić information content (AvgIpc) is 2.57. The molecule has 26 heavy (non-hydrogen) atoms. The van der Waals surface area contributed by atoms with Crippen LogP contribution in [0.1, 0.15) is 51.8 Å². The first-order chi connectivity index (χ1) is 12.2. The van der Waals surface area contributed by atoms with Crippen LogP contribution in [0.2, 0.25) is 0 Å². The zero-order valence-corrected chi connectivity index (χ0v) is 17.2. The first-order valence-corrected chi connectivity index (χ1v) is 9.38. The molecule has 3 N–H and O–H groups in total. The van der Waals surface area contributed by atoms with Crippen LogP contribution < -0.4 is 25.0 Å². The van der Waals surface area contributed by atoms with Gasteiger partial charge in [-0.25, -0.2) is 4.79 Å². The summed E-state index contributed by atoms with van der Waals surface area (Å²) < 4.78 is 11.0. The molecule has 2 amide bonds. The topological polar surface area (TPSA) is 64.0 Å². The van der Waals surface area contributed by atoms with E-state index in [4.69, 9.17) is 9.47 Å². The minimum atomic E-state index is -0.262. The van der Waals surface area contributed by atoms with Crippen LogP contribution in [0.5, 0.6) is 11.5 Å². The Bertz CT molecular complexity index is 640. The van der Waals surface area contributed by atoms with E-state index < -0.39 is 0 Å². The van der Waals surface area contributed by atoms with Crippen molar-refractivity contribution in [3.8, 4) is 11.5 Å². The molecule has 1 heterocycles. The third-order valence-corrected chi connectivity index (χ3v) is 4.94. The number of rotatable bonds is 5. The van der Waals surface area contributed by atoms with Crippen LogP contribution in [0, 0.1) is 0 Å². The van der Waals surface area contributed by atoms with E-state index in [9.17, 15) is 4.79 Å². The van der Waals surface area contributed by atoms with Gasteiger partial charge in [0.25, 0.3) is 0 Å². The highest BCUT2D eigenvalue weighted by Gasteiger charge is 2.36. The van der Waals surface area contributed by atoms with E-state index in [1.54, 1.807) is 14.2 Å². The lowest BCUT2D eigenvalue weighted by Crippen LogP contribution is -3.14. The van der Waals surface area contributed by atoms with Crippen LogP contribution in [0.15, 0.2) is 12.1 Å². The molecule has 0 radical (unpaired) electrons. The molecule has 0 spiro atoms. The second kappa shape index (κ2) is 8.16. The van der Waals surface area contributed by atoms with Gasteiger partial charge in [0.05, 0.1) is 33.4 Å². The average molecular weight is 365 g/mol. The van der Waals surface area contributed by atoms with Crippen molar-refractivity contribution in [3.05, 3.63) is 23.3 Å². The maximum absolute atomic E-state index is 12.4. The van der Waals surface area contributed by atoms with Crippen molar-refractivity contribution >= 4 is 6.03 Å². The Morgan fingerprint density at radius 3 is 2.42 bits per heavy atom. The number of hydrogen-bond donors (Lipinski definition) is 3. The normalized spacial score (nSPS) is 20.7. The van der Waals surface area contributed by atoms with Crippen LogP contribution in [0.25, 0.3) is 0 Å². The second-order valence-corrected chi connectivity index (χ2v) is 8.03. The molecular formula is C20H34N3O3+. The molecule has 2 rings (SSSR count). The van der Waals surface area contributed by atoms with E-state index in [1.807, 2.05) is 20.8 Å². The molecule has 146 valence electrons. The number of quaternary nitrogens is 1. The summed E-state index contributed by atoms with van der Waals surface area (Å²) in [5.41, 5.74) is 2.24. The van der Waals surface area contributed by atoms with E-state index in [2.05, 4.69) is 36.6 Å². The fourth-order valence-electron chi connectivity index (χ4n) is 3.80. The van der Waals surface area contributed by atoms with Gasteiger partial charge in [0, 0.05) is 17.5 Å². The van der Waals surface area contributed by atoms with Gasteiger partial charge < -0.3 is 25.0 Å². The molecule has 6 heteroatoms. The second-order valence-electron chi connectivity index (χ2n) is 8.03. The van der Waals surface area contributed by atoms with Crippen molar-refractivity contribution in [2.75, 3.05) is 27.3 Å². The summed E-state index contributed by atoms with van der Waals surface area (Å²) in [7, 11) is 3.32. The smallest absolute Gasteiger partial charge is 0.315 e. The van der Waals surface area contributed by atoms with Gasteiger partial charge in [-0.3, -0.25) is 0 Å². The number of ether oxygens (including phenoxy) is 2. The number of fused-ring (bicyclic) bond motifs is 1. The molecule has 0 saturated carbocycles. The van der Waals surface area contributed by atoms with E-state index in [0.29, 0.717) is 0 Å². The number of carbonyl (C=O) groups is 1. The van der Waals surface area contributed by atoms with Crippen LogP contribution in [0.4, 0.5) is 4.79 Å². The molecule has 0 saturated heterocycles. The fraction of sp³-hybridized carbons (Fsp3) is 0.650. The van der Waals surface area contributed by atoms with E-state index in [-0.39, 0.29) is 23.7 Å². The number of urea groups is 1. The molecule has 1 aliphatic heterocycles. The van der Waals surface area contributed by atoms with Crippen molar-refractivity contribution in [3.63, 3.8) is 0 Å². The van der Waals surface area contributed by atoms with Crippen molar-refractivity contribution in [1.29, 1.82) is 0 Å². The predicted octanol–water partition coefficient (Wildman–Crippen LogP) is 1.69. The van der Waals surface area contributed by atoms with Crippen molar-refractivity contribution in [1.82, 2.24) is 10.6 Å². The molecule has 1 aromatic carbocycles. The van der Waals surface area contributed by atoms with Gasteiger partial charge in [0.15, 0.2) is 11.5 Å². The summed E-state index contributed by atoms with van der Waals surface area (Å²) in [5, 5.41) is 6.12. The lowest BCUT2D eigenvalue weighted by molar-refractivity contribution is -0.933. The van der Waals surface area contributed by atoms with Gasteiger partial charge in [0.1, 0.15) is 6.04 Å². The highest BCUT2D eigenvalue weighted by molar-refractivity contribution is 5.75. The lowest BCUT2D eigenvalue weighted by Gasteiger charge is -2.38. The molecule has 1 aromatic rings. The molecule has 1 unspecified atom stereocenters. The Hall–Kier alpha value is -1.95. The van der Waals surface area contributed by atoms with E-state index in [1.165, 1.54) is 16.0 Å². The summed E-state index contributed by atoms with van der Waals surface area (Å²) in [6.07, 6.45) is 0.996. The number of likely N-dealkylation sites (N-methyl/N-ethyl adjacent to an activating group) is 1. The molecule has 0 fully saturated rings. The van der Waals surface area contributed by atoms with E-state index >= 15 is 0 Å². The van der Waals surface area contributed by atoms with Crippen molar-refractivity contribution in [2.45, 2.75) is 58.7 Å². The number of carbonyl (C=O) groups excluding carboxylic acids is 1. The van der Waals surface area contributed by atoms with Gasteiger partial charge >= 0.3 is 6.03 Å². The zero-order chi connectivity index (χ0) is 19.5. The Morgan fingerprint density at radius 2 is 1.88 bits per heavy atom. The maximum Gasteiger partial charge on any atom is 0.315 e. The first kappa shape index (κ1) is 20.4. The zero-order valence-electron chi connectivity index (χ0n) is 17.2. The minimum Gasteiger partial charge on any atom is -0.493 e. The Kier molecular flexibility index (Phi) is 6.39. The summed E-state index contributed by atoms with van der Waals surface area (Å²) in [4.78, 5) is 13.8. The number of nitrogens with one attached hydrogen (secondary N) is 3. The van der Waals surface area contributed by atoms with E-state index in [0.717, 1.165) is 31.0 Å². The monoisotopic (exact) mass is 364 g/mol. The molecule has 1 aliphatic rings.